The Bertz CT molecular complexity index is 595. The predicted molar refractivity (Wildman–Crippen MR) is 68.8 cm³/mol. The Labute approximate surface area is 104 Å². The van der Waals surface area contributed by atoms with E-state index in [2.05, 4.69) is 9.97 Å². The number of H-pyrrole nitrogens is 1. The van der Waals surface area contributed by atoms with Gasteiger partial charge in [-0.25, -0.2) is 4.98 Å². The van der Waals surface area contributed by atoms with E-state index in [-0.39, 0.29) is 5.56 Å². The molecule has 6 heteroatoms. The minimum Gasteiger partial charge on any atom is -0.489 e. The quantitative estimate of drug-likeness (QED) is 0.607. The zero-order chi connectivity index (χ0) is 13.0. The van der Waals surface area contributed by atoms with Gasteiger partial charge in [0.2, 0.25) is 0 Å². The molecule has 0 saturated carbocycles. The molecule has 0 aliphatic carbocycles. The van der Waals surface area contributed by atoms with Crippen LogP contribution in [0.1, 0.15) is 6.92 Å². The average Bonchev–Trinajstić information content (AvgIpc) is 2.36. The van der Waals surface area contributed by atoms with E-state index in [9.17, 15) is 4.79 Å². The summed E-state index contributed by atoms with van der Waals surface area (Å²) in [6.07, 6.45) is 1.35. The van der Waals surface area contributed by atoms with Gasteiger partial charge in [-0.3, -0.25) is 4.79 Å². The van der Waals surface area contributed by atoms with Gasteiger partial charge < -0.3 is 20.2 Å². The van der Waals surface area contributed by atoms with E-state index in [1.54, 1.807) is 12.1 Å². The van der Waals surface area contributed by atoms with E-state index in [4.69, 9.17) is 15.2 Å². The number of fused-ring (bicyclic) bond motifs is 1. The second kappa shape index (κ2) is 5.50. The highest BCUT2D eigenvalue weighted by molar-refractivity contribution is 5.84. The first kappa shape index (κ1) is 12.4. The molecule has 1 aromatic carbocycles. The molecule has 1 aromatic heterocycles. The number of hydrogen-bond acceptors (Lipinski definition) is 5. The zero-order valence-corrected chi connectivity index (χ0v) is 10.1. The minimum atomic E-state index is -0.215. The molecule has 96 valence electrons. The molecule has 0 aliphatic rings. The van der Waals surface area contributed by atoms with Crippen LogP contribution in [-0.4, -0.2) is 29.8 Å². The van der Waals surface area contributed by atoms with Crippen LogP contribution in [-0.2, 0) is 4.74 Å². The molecule has 0 saturated heterocycles. The lowest BCUT2D eigenvalue weighted by molar-refractivity contribution is 0.110. The van der Waals surface area contributed by atoms with Crippen LogP contribution >= 0.6 is 0 Å². The standard InChI is InChI=1S/C12H15N3O3/c1-2-17-3-4-18-11-6-10-8(5-9(11)13)12(16)15-7-14-10/h5-7H,2-4,13H2,1H3,(H,14,15,16). The summed E-state index contributed by atoms with van der Waals surface area (Å²) < 4.78 is 10.6. The van der Waals surface area contributed by atoms with Crippen molar-refractivity contribution in [1.29, 1.82) is 0 Å². The molecule has 0 radical (unpaired) electrons. The molecule has 2 aromatic rings. The molecule has 2 rings (SSSR count). The fraction of sp³-hybridized carbons (Fsp3) is 0.333. The van der Waals surface area contributed by atoms with E-state index in [1.165, 1.54) is 6.33 Å². The Hall–Kier alpha value is -2.08. The number of aromatic amines is 1. The van der Waals surface area contributed by atoms with Crippen LogP contribution in [0.15, 0.2) is 23.3 Å². The predicted octanol–water partition coefficient (Wildman–Crippen LogP) is 0.921. The summed E-state index contributed by atoms with van der Waals surface area (Å²) in [6, 6.07) is 3.23. The van der Waals surface area contributed by atoms with Crippen molar-refractivity contribution in [3.63, 3.8) is 0 Å². The van der Waals surface area contributed by atoms with Gasteiger partial charge in [0.05, 0.1) is 29.5 Å². The van der Waals surface area contributed by atoms with Gasteiger partial charge in [-0.1, -0.05) is 0 Å². The minimum absolute atomic E-state index is 0.215. The van der Waals surface area contributed by atoms with Crippen LogP contribution in [0.2, 0.25) is 0 Å². The van der Waals surface area contributed by atoms with Crippen LogP contribution in [0.4, 0.5) is 5.69 Å². The van der Waals surface area contributed by atoms with Gasteiger partial charge in [0.1, 0.15) is 12.4 Å². The maximum Gasteiger partial charge on any atom is 0.258 e. The molecule has 0 bridgehead atoms. The summed E-state index contributed by atoms with van der Waals surface area (Å²) in [5.41, 5.74) is 6.58. The van der Waals surface area contributed by atoms with Crippen molar-refractivity contribution in [3.8, 4) is 5.75 Å². The van der Waals surface area contributed by atoms with E-state index < -0.39 is 0 Å². The van der Waals surface area contributed by atoms with Gasteiger partial charge in [-0.2, -0.15) is 0 Å². The van der Waals surface area contributed by atoms with Gasteiger partial charge >= 0.3 is 0 Å². The molecule has 3 N–H and O–H groups in total. The molecule has 0 aliphatic heterocycles. The molecule has 6 nitrogen and oxygen atoms in total. The molecule has 1 heterocycles. The van der Waals surface area contributed by atoms with Gasteiger partial charge in [0, 0.05) is 12.7 Å². The highest BCUT2D eigenvalue weighted by Gasteiger charge is 2.06. The normalized spacial score (nSPS) is 10.7. The first-order valence-corrected chi connectivity index (χ1v) is 5.70. The average molecular weight is 249 g/mol. The second-order valence-corrected chi connectivity index (χ2v) is 3.68. The third-order valence-electron chi connectivity index (χ3n) is 2.46. The Morgan fingerprint density at radius 3 is 3.00 bits per heavy atom. The van der Waals surface area contributed by atoms with Crippen molar-refractivity contribution in [3.05, 3.63) is 28.8 Å². The van der Waals surface area contributed by atoms with Gasteiger partial charge in [-0.15, -0.1) is 0 Å². The van der Waals surface area contributed by atoms with Crippen molar-refractivity contribution in [2.45, 2.75) is 6.92 Å². The highest BCUT2D eigenvalue weighted by Crippen LogP contribution is 2.25. The maximum absolute atomic E-state index is 11.5. The number of nitrogen functional groups attached to an aromatic ring is 1. The van der Waals surface area contributed by atoms with E-state index in [1.807, 2.05) is 6.92 Å². The fourth-order valence-corrected chi connectivity index (χ4v) is 1.59. The number of rotatable bonds is 5. The van der Waals surface area contributed by atoms with Crippen molar-refractivity contribution in [2.24, 2.45) is 0 Å². The third-order valence-corrected chi connectivity index (χ3v) is 2.46. The van der Waals surface area contributed by atoms with Crippen molar-refractivity contribution in [2.75, 3.05) is 25.6 Å². The Morgan fingerprint density at radius 2 is 2.22 bits per heavy atom. The third kappa shape index (κ3) is 2.60. The van der Waals surface area contributed by atoms with Crippen molar-refractivity contribution in [1.82, 2.24) is 9.97 Å². The van der Waals surface area contributed by atoms with Crippen molar-refractivity contribution < 1.29 is 9.47 Å². The number of hydrogen-bond donors (Lipinski definition) is 2. The number of aromatic nitrogens is 2. The summed E-state index contributed by atoms with van der Waals surface area (Å²) >= 11 is 0. The summed E-state index contributed by atoms with van der Waals surface area (Å²) in [5.74, 6) is 0.514. The fourth-order valence-electron chi connectivity index (χ4n) is 1.59. The second-order valence-electron chi connectivity index (χ2n) is 3.68. The summed E-state index contributed by atoms with van der Waals surface area (Å²) in [5, 5.41) is 0.451. The highest BCUT2D eigenvalue weighted by atomic mass is 16.5. The molecular weight excluding hydrogens is 234 g/mol. The lowest BCUT2D eigenvalue weighted by Gasteiger charge is -2.09. The zero-order valence-electron chi connectivity index (χ0n) is 10.1. The summed E-state index contributed by atoms with van der Waals surface area (Å²) in [4.78, 5) is 18.1. The van der Waals surface area contributed by atoms with Crippen LogP contribution in [0, 0.1) is 0 Å². The lowest BCUT2D eigenvalue weighted by Crippen LogP contribution is -2.10. The molecule has 0 atom stereocenters. The van der Waals surface area contributed by atoms with Gasteiger partial charge in [0.25, 0.3) is 5.56 Å². The molecule has 0 fully saturated rings. The molecular formula is C12H15N3O3. The molecule has 0 unspecified atom stereocenters. The number of nitrogens with one attached hydrogen (secondary N) is 1. The van der Waals surface area contributed by atoms with Gasteiger partial charge in [0.15, 0.2) is 0 Å². The first-order valence-electron chi connectivity index (χ1n) is 5.70. The number of nitrogens with two attached hydrogens (primary N) is 1. The lowest BCUT2D eigenvalue weighted by atomic mass is 10.2. The van der Waals surface area contributed by atoms with E-state index >= 15 is 0 Å². The van der Waals surface area contributed by atoms with Crippen LogP contribution in [0.3, 0.4) is 0 Å². The smallest absolute Gasteiger partial charge is 0.258 e. The van der Waals surface area contributed by atoms with Crippen molar-refractivity contribution >= 4 is 16.6 Å². The molecule has 18 heavy (non-hydrogen) atoms. The number of benzene rings is 1. The SMILES string of the molecule is CCOCCOc1cc2nc[nH]c(=O)c2cc1N. The largest absolute Gasteiger partial charge is 0.489 e. The Kier molecular flexibility index (Phi) is 3.78. The Morgan fingerprint density at radius 1 is 1.39 bits per heavy atom. The van der Waals surface area contributed by atoms with E-state index in [0.29, 0.717) is 42.2 Å². The van der Waals surface area contributed by atoms with E-state index in [0.717, 1.165) is 0 Å². The number of ether oxygens (including phenoxy) is 2. The number of anilines is 1. The topological polar surface area (TPSA) is 90.2 Å². The summed E-state index contributed by atoms with van der Waals surface area (Å²) in [6.45, 7) is 3.47. The molecule has 0 spiro atoms. The van der Waals surface area contributed by atoms with Gasteiger partial charge in [-0.05, 0) is 13.0 Å². The molecule has 0 amide bonds. The first-order chi connectivity index (χ1) is 8.72. The van der Waals surface area contributed by atoms with Crippen LogP contribution in [0.5, 0.6) is 5.75 Å². The van der Waals surface area contributed by atoms with Crippen LogP contribution < -0.4 is 16.0 Å². The summed E-state index contributed by atoms with van der Waals surface area (Å²) in [7, 11) is 0. The Balaban J connectivity index is 2.24. The monoisotopic (exact) mass is 249 g/mol. The number of nitrogens with zero attached hydrogens (tertiary/aromatic N) is 1. The maximum atomic E-state index is 11.5. The van der Waals surface area contributed by atoms with Crippen LogP contribution in [0.25, 0.3) is 10.9 Å².